The van der Waals surface area contributed by atoms with Crippen molar-refractivity contribution < 1.29 is 4.39 Å². The van der Waals surface area contributed by atoms with Gasteiger partial charge in [0, 0.05) is 60.6 Å². The van der Waals surface area contributed by atoms with Crippen molar-refractivity contribution in [1.82, 2.24) is 30.0 Å². The quantitative estimate of drug-likeness (QED) is 0.397. The van der Waals surface area contributed by atoms with Gasteiger partial charge < -0.3 is 10.2 Å². The molecule has 0 aliphatic carbocycles. The molecule has 0 atom stereocenters. The summed E-state index contributed by atoms with van der Waals surface area (Å²) in [6, 6.07) is 10.2. The average Bonchev–Trinajstić information content (AvgIpc) is 3.31. The summed E-state index contributed by atoms with van der Waals surface area (Å²) in [4.78, 5) is 14.3. The number of pyridine rings is 2. The summed E-state index contributed by atoms with van der Waals surface area (Å²) in [5, 5.41) is 11.2. The third kappa shape index (κ3) is 5.29. The minimum atomic E-state index is -0.390. The van der Waals surface area contributed by atoms with E-state index in [2.05, 4.69) is 51.2 Å². The van der Waals surface area contributed by atoms with E-state index < -0.39 is 0 Å². The number of rotatable bonds is 6. The van der Waals surface area contributed by atoms with E-state index >= 15 is 0 Å². The smallest absolute Gasteiger partial charge is 0.132 e. The fourth-order valence-electron chi connectivity index (χ4n) is 4.59. The van der Waals surface area contributed by atoms with Gasteiger partial charge in [-0.25, -0.2) is 9.37 Å². The molecule has 182 valence electrons. The molecule has 1 aliphatic rings. The highest BCUT2D eigenvalue weighted by molar-refractivity contribution is 6.30. The first-order valence-electron chi connectivity index (χ1n) is 11.7. The van der Waals surface area contributed by atoms with Crippen LogP contribution in [-0.2, 0) is 0 Å². The summed E-state index contributed by atoms with van der Waals surface area (Å²) >= 11 is 6.11. The number of halogens is 2. The molecule has 7 nitrogen and oxygen atoms in total. The lowest BCUT2D eigenvalue weighted by molar-refractivity contribution is 0.138. The summed E-state index contributed by atoms with van der Waals surface area (Å²) < 4.78 is 14.5. The van der Waals surface area contributed by atoms with Crippen molar-refractivity contribution in [2.24, 2.45) is 0 Å². The van der Waals surface area contributed by atoms with Gasteiger partial charge in [-0.15, -0.1) is 0 Å². The number of nitrogens with one attached hydrogen (secondary N) is 2. The van der Waals surface area contributed by atoms with Crippen LogP contribution in [0.25, 0.3) is 33.5 Å². The zero-order valence-corrected chi connectivity index (χ0v) is 20.9. The SMILES string of the molecule is CN1CCN(CC(C)(C)Nc2cnc3ccc(-c4c[nH]nc4-c4cc(Cl)ccc4F)nc3c2)CC1. The zero-order valence-electron chi connectivity index (χ0n) is 20.1. The second-order valence-corrected chi connectivity index (χ2v) is 10.3. The van der Waals surface area contributed by atoms with E-state index in [0.29, 0.717) is 27.5 Å². The van der Waals surface area contributed by atoms with Crippen molar-refractivity contribution in [3.63, 3.8) is 0 Å². The summed E-state index contributed by atoms with van der Waals surface area (Å²) in [6.45, 7) is 9.68. The fourth-order valence-corrected chi connectivity index (χ4v) is 4.76. The van der Waals surface area contributed by atoms with Gasteiger partial charge in [0.1, 0.15) is 11.5 Å². The van der Waals surface area contributed by atoms with Crippen LogP contribution in [0.2, 0.25) is 5.02 Å². The summed E-state index contributed by atoms with van der Waals surface area (Å²) in [7, 11) is 2.17. The van der Waals surface area contributed by atoms with E-state index in [1.54, 1.807) is 12.3 Å². The van der Waals surface area contributed by atoms with Gasteiger partial charge in [-0.3, -0.25) is 15.0 Å². The molecule has 5 rings (SSSR count). The van der Waals surface area contributed by atoms with Gasteiger partial charge in [0.15, 0.2) is 0 Å². The number of benzene rings is 1. The number of nitrogens with zero attached hydrogens (tertiary/aromatic N) is 5. The van der Waals surface area contributed by atoms with Gasteiger partial charge in [0.2, 0.25) is 0 Å². The molecule has 1 fully saturated rings. The largest absolute Gasteiger partial charge is 0.378 e. The summed E-state index contributed by atoms with van der Waals surface area (Å²) in [5.41, 5.74) is 4.48. The van der Waals surface area contributed by atoms with E-state index in [9.17, 15) is 4.39 Å². The normalized spacial score (nSPS) is 15.6. The van der Waals surface area contributed by atoms with Crippen LogP contribution in [-0.4, -0.2) is 75.3 Å². The van der Waals surface area contributed by atoms with Gasteiger partial charge in [0.05, 0.1) is 28.6 Å². The highest BCUT2D eigenvalue weighted by atomic mass is 35.5. The van der Waals surface area contributed by atoms with Crippen molar-refractivity contribution in [2.45, 2.75) is 19.4 Å². The van der Waals surface area contributed by atoms with Gasteiger partial charge >= 0.3 is 0 Å². The van der Waals surface area contributed by atoms with Crippen LogP contribution < -0.4 is 5.32 Å². The van der Waals surface area contributed by atoms with Gasteiger partial charge in [-0.1, -0.05) is 11.6 Å². The van der Waals surface area contributed by atoms with Crippen LogP contribution >= 0.6 is 11.6 Å². The van der Waals surface area contributed by atoms with E-state index in [-0.39, 0.29) is 11.4 Å². The van der Waals surface area contributed by atoms with Crippen molar-refractivity contribution in [1.29, 1.82) is 0 Å². The second kappa shape index (κ2) is 9.53. The van der Waals surface area contributed by atoms with Gasteiger partial charge in [0.25, 0.3) is 0 Å². The maximum absolute atomic E-state index is 14.5. The lowest BCUT2D eigenvalue weighted by Gasteiger charge is -2.38. The van der Waals surface area contributed by atoms with Crippen LogP contribution in [0.4, 0.5) is 10.1 Å². The van der Waals surface area contributed by atoms with E-state index in [1.807, 2.05) is 24.4 Å². The Labute approximate surface area is 209 Å². The number of anilines is 1. The standard InChI is InChI=1S/C26H29ClFN7/c1-26(2,16-35-10-8-34(3)9-11-35)32-18-13-24-23(29-14-18)7-6-22(31-24)20-15-30-33-25(20)19-12-17(27)4-5-21(19)28/h4-7,12-15,32H,8-11,16H2,1-3H3,(H,30,33). The lowest BCUT2D eigenvalue weighted by atomic mass is 10.0. The molecule has 4 heterocycles. The number of fused-ring (bicyclic) bond motifs is 1. The summed E-state index contributed by atoms with van der Waals surface area (Å²) in [5.74, 6) is -0.390. The van der Waals surface area contributed by atoms with Crippen LogP contribution in [0.3, 0.4) is 0 Å². The van der Waals surface area contributed by atoms with E-state index in [4.69, 9.17) is 16.6 Å². The first kappa shape index (κ1) is 23.7. The second-order valence-electron chi connectivity index (χ2n) is 9.82. The minimum Gasteiger partial charge on any atom is -0.378 e. The fraction of sp³-hybridized carbons (Fsp3) is 0.346. The Balaban J connectivity index is 1.41. The summed E-state index contributed by atoms with van der Waals surface area (Å²) in [6.07, 6.45) is 3.57. The number of aromatic amines is 1. The maximum atomic E-state index is 14.5. The highest BCUT2D eigenvalue weighted by Gasteiger charge is 2.24. The third-order valence-corrected chi connectivity index (χ3v) is 6.57. The van der Waals surface area contributed by atoms with E-state index in [1.165, 1.54) is 12.1 Å². The van der Waals surface area contributed by atoms with Gasteiger partial charge in [-0.2, -0.15) is 5.10 Å². The molecule has 0 unspecified atom stereocenters. The predicted molar refractivity (Wildman–Crippen MR) is 139 cm³/mol. The molecule has 2 N–H and O–H groups in total. The average molecular weight is 494 g/mol. The minimum absolute atomic E-state index is 0.134. The molecule has 1 aliphatic heterocycles. The Bertz CT molecular complexity index is 1340. The number of hydrogen-bond acceptors (Lipinski definition) is 6. The van der Waals surface area contributed by atoms with Crippen LogP contribution in [0.5, 0.6) is 0 Å². The molecule has 0 saturated carbocycles. The first-order chi connectivity index (χ1) is 16.8. The van der Waals surface area contributed by atoms with Crippen molar-refractivity contribution in [2.75, 3.05) is 45.1 Å². The number of H-pyrrole nitrogens is 1. The predicted octanol–water partition coefficient (Wildman–Crippen LogP) is 4.92. The number of hydrogen-bond donors (Lipinski definition) is 2. The number of likely N-dealkylation sites (N-methyl/N-ethyl adjacent to an activating group) is 1. The Morgan fingerprint density at radius 2 is 1.86 bits per heavy atom. The van der Waals surface area contributed by atoms with E-state index in [0.717, 1.165) is 49.4 Å². The monoisotopic (exact) mass is 493 g/mol. The Morgan fingerprint density at radius 3 is 2.66 bits per heavy atom. The molecule has 9 heteroatoms. The molecule has 0 spiro atoms. The molecule has 3 aromatic heterocycles. The number of aromatic nitrogens is 4. The molecule has 0 amide bonds. The molecule has 1 aromatic carbocycles. The molecular weight excluding hydrogens is 465 g/mol. The maximum Gasteiger partial charge on any atom is 0.132 e. The molecule has 0 bridgehead atoms. The Morgan fingerprint density at radius 1 is 1.06 bits per heavy atom. The molecule has 35 heavy (non-hydrogen) atoms. The molecule has 1 saturated heterocycles. The van der Waals surface area contributed by atoms with Crippen LogP contribution in [0.15, 0.2) is 48.8 Å². The first-order valence-corrected chi connectivity index (χ1v) is 12.1. The van der Waals surface area contributed by atoms with Crippen molar-refractivity contribution >= 4 is 28.3 Å². The zero-order chi connectivity index (χ0) is 24.6. The topological polar surface area (TPSA) is 73.0 Å². The molecular formula is C26H29ClFN7. The van der Waals surface area contributed by atoms with Crippen LogP contribution in [0, 0.1) is 5.82 Å². The highest BCUT2D eigenvalue weighted by Crippen LogP contribution is 2.33. The van der Waals surface area contributed by atoms with Crippen molar-refractivity contribution in [3.05, 3.63) is 59.6 Å². The van der Waals surface area contributed by atoms with Crippen molar-refractivity contribution in [3.8, 4) is 22.5 Å². The molecule has 4 aromatic rings. The van der Waals surface area contributed by atoms with Crippen LogP contribution in [0.1, 0.15) is 13.8 Å². The Kier molecular flexibility index (Phi) is 6.44. The lowest BCUT2D eigenvalue weighted by Crippen LogP contribution is -2.51. The Hall–Kier alpha value is -3.07. The molecule has 0 radical (unpaired) electrons. The number of piperazine rings is 1. The van der Waals surface area contributed by atoms with Gasteiger partial charge in [-0.05, 0) is 57.3 Å². The third-order valence-electron chi connectivity index (χ3n) is 6.33.